The Labute approximate surface area is 180 Å². The number of carbonyl (C=O) groups is 2. The summed E-state index contributed by atoms with van der Waals surface area (Å²) in [5.74, 6) is -2.25. The van der Waals surface area contributed by atoms with E-state index in [0.29, 0.717) is 5.69 Å². The number of carbonyl (C=O) groups excluding carboxylic acids is 1. The molecule has 0 spiro atoms. The molecule has 2 heterocycles. The van der Waals surface area contributed by atoms with Crippen molar-refractivity contribution in [1.82, 2.24) is 19.1 Å². The van der Waals surface area contributed by atoms with Crippen LogP contribution >= 0.6 is 0 Å². The molecule has 0 fully saturated rings. The van der Waals surface area contributed by atoms with Crippen molar-refractivity contribution in [2.45, 2.75) is 23.9 Å². The third-order valence-electron chi connectivity index (χ3n) is 4.41. The molecule has 1 amide bonds. The summed E-state index contributed by atoms with van der Waals surface area (Å²) in [5.41, 5.74) is -0.359. The second kappa shape index (κ2) is 8.49. The fourth-order valence-electron chi connectivity index (χ4n) is 2.87. The minimum atomic E-state index is -4.69. The summed E-state index contributed by atoms with van der Waals surface area (Å²) in [4.78, 5) is 21.8. The number of nitrogens with zero attached hydrogens (tertiary/aromatic N) is 3. The number of carboxylic acid groups (broad SMARTS) is 1. The Morgan fingerprint density at radius 3 is 2.28 bits per heavy atom. The molecule has 170 valence electrons. The van der Waals surface area contributed by atoms with Gasteiger partial charge in [-0.2, -0.15) is 18.3 Å². The zero-order valence-corrected chi connectivity index (χ0v) is 17.3. The van der Waals surface area contributed by atoms with Crippen LogP contribution in [0.4, 0.5) is 13.2 Å². The number of hydrogen-bond acceptors (Lipinski definition) is 5. The van der Waals surface area contributed by atoms with E-state index >= 15 is 0 Å². The summed E-state index contributed by atoms with van der Waals surface area (Å²) in [6.45, 7) is 0. The minimum Gasteiger partial charge on any atom is -0.481 e. The molecule has 2 N–H and O–H groups in total. The molecule has 9 nitrogen and oxygen atoms in total. The summed E-state index contributed by atoms with van der Waals surface area (Å²) < 4.78 is 68.8. The van der Waals surface area contributed by atoms with Crippen LogP contribution in [0.25, 0.3) is 17.1 Å². The van der Waals surface area contributed by atoms with Crippen molar-refractivity contribution in [2.75, 3.05) is 0 Å². The molecule has 0 unspecified atom stereocenters. The molecule has 3 aromatic rings. The highest BCUT2D eigenvalue weighted by atomic mass is 32.2. The number of sulfonamides is 1. The maximum atomic E-state index is 13.3. The molecule has 13 heteroatoms. The van der Waals surface area contributed by atoms with Gasteiger partial charge in [0.15, 0.2) is 5.69 Å². The van der Waals surface area contributed by atoms with E-state index in [0.717, 1.165) is 22.9 Å². The molecule has 2 aromatic heterocycles. The first-order valence-corrected chi connectivity index (χ1v) is 10.5. The molecular formula is C19H17F3N4O5S. The third-order valence-corrected chi connectivity index (χ3v) is 5.80. The summed E-state index contributed by atoms with van der Waals surface area (Å²) in [7, 11) is -2.64. The first-order chi connectivity index (χ1) is 14.9. The van der Waals surface area contributed by atoms with E-state index < -0.39 is 46.6 Å². The highest BCUT2D eigenvalue weighted by Crippen LogP contribution is 2.33. The highest BCUT2D eigenvalue weighted by molar-refractivity contribution is 7.90. The van der Waals surface area contributed by atoms with E-state index in [1.54, 1.807) is 34.7 Å². The first kappa shape index (κ1) is 23.1. The van der Waals surface area contributed by atoms with Crippen molar-refractivity contribution < 1.29 is 36.3 Å². The molecule has 0 saturated heterocycles. The maximum Gasteiger partial charge on any atom is 0.435 e. The van der Waals surface area contributed by atoms with E-state index in [2.05, 4.69) is 5.10 Å². The lowest BCUT2D eigenvalue weighted by Crippen LogP contribution is -2.30. The molecule has 0 aliphatic rings. The van der Waals surface area contributed by atoms with Crippen molar-refractivity contribution in [3.8, 4) is 17.1 Å². The normalized spacial score (nSPS) is 12.0. The second-order valence-electron chi connectivity index (χ2n) is 6.75. The van der Waals surface area contributed by atoms with Crippen molar-refractivity contribution in [1.29, 1.82) is 0 Å². The predicted molar refractivity (Wildman–Crippen MR) is 105 cm³/mol. The Balaban J connectivity index is 1.94. The average molecular weight is 470 g/mol. The number of aromatic nitrogens is 3. The van der Waals surface area contributed by atoms with Crippen LogP contribution < -0.4 is 4.72 Å². The summed E-state index contributed by atoms with van der Waals surface area (Å²) in [6, 6.07) is 8.86. The Morgan fingerprint density at radius 2 is 1.75 bits per heavy atom. The van der Waals surface area contributed by atoms with Crippen molar-refractivity contribution in [3.05, 3.63) is 54.4 Å². The van der Waals surface area contributed by atoms with Crippen LogP contribution in [-0.2, 0) is 32.8 Å². The van der Waals surface area contributed by atoms with Gasteiger partial charge in [0.25, 0.3) is 10.0 Å². The average Bonchev–Trinajstić information content (AvgIpc) is 3.32. The number of rotatable bonds is 7. The number of carboxylic acids is 1. The molecule has 0 aliphatic heterocycles. The standard InChI is InChI=1S/C19H17F3N4O5S/c1-25-10-2-3-14(25)15-11-16(19(20,21)22)23-26(15)12-4-6-13(7-5-12)32(30,31)24-17(27)8-9-18(28)29/h2-7,10-11H,8-9H2,1H3,(H,24,27)(H,28,29). The predicted octanol–water partition coefficient (Wildman–Crippen LogP) is 2.57. The Hall–Kier alpha value is -3.61. The van der Waals surface area contributed by atoms with Gasteiger partial charge < -0.3 is 9.67 Å². The monoisotopic (exact) mass is 470 g/mol. The number of nitrogens with one attached hydrogen (secondary N) is 1. The van der Waals surface area contributed by atoms with E-state index in [-0.39, 0.29) is 16.3 Å². The number of aliphatic carboxylic acids is 1. The van der Waals surface area contributed by atoms with E-state index in [9.17, 15) is 31.2 Å². The highest BCUT2D eigenvalue weighted by Gasteiger charge is 2.35. The molecule has 0 bridgehead atoms. The largest absolute Gasteiger partial charge is 0.481 e. The van der Waals surface area contributed by atoms with E-state index in [4.69, 9.17) is 5.11 Å². The van der Waals surface area contributed by atoms with Crippen LogP contribution in [0.2, 0.25) is 0 Å². The summed E-state index contributed by atoms with van der Waals surface area (Å²) in [5, 5.41) is 12.2. The molecule has 0 atom stereocenters. The Bertz CT molecular complexity index is 1260. The van der Waals surface area contributed by atoms with Gasteiger partial charge in [-0.1, -0.05) is 0 Å². The first-order valence-electron chi connectivity index (χ1n) is 9.05. The van der Waals surface area contributed by atoms with Gasteiger partial charge in [0.2, 0.25) is 5.91 Å². The molecule has 0 radical (unpaired) electrons. The molecule has 0 aliphatic carbocycles. The minimum absolute atomic E-state index is 0.141. The SMILES string of the molecule is Cn1cccc1-c1cc(C(F)(F)F)nn1-c1ccc(S(=O)(=O)NC(=O)CCC(=O)O)cc1. The number of aryl methyl sites for hydroxylation is 1. The quantitative estimate of drug-likeness (QED) is 0.547. The van der Waals surface area contributed by atoms with E-state index in [1.165, 1.54) is 12.1 Å². The van der Waals surface area contributed by atoms with Crippen molar-refractivity contribution >= 4 is 21.9 Å². The summed E-state index contributed by atoms with van der Waals surface area (Å²) >= 11 is 0. The number of amides is 1. The lowest BCUT2D eigenvalue weighted by Gasteiger charge is -2.10. The number of alkyl halides is 3. The zero-order chi connectivity index (χ0) is 23.7. The van der Waals surface area contributed by atoms with Crippen LogP contribution in [0, 0.1) is 0 Å². The number of benzene rings is 1. The van der Waals surface area contributed by atoms with Gasteiger partial charge in [-0.15, -0.1) is 0 Å². The molecule has 32 heavy (non-hydrogen) atoms. The van der Waals surface area contributed by atoms with E-state index in [1.807, 2.05) is 0 Å². The molecule has 0 saturated carbocycles. The third kappa shape index (κ3) is 4.99. The lowest BCUT2D eigenvalue weighted by molar-refractivity contribution is -0.141. The van der Waals surface area contributed by atoms with Gasteiger partial charge in [0.05, 0.1) is 28.4 Å². The van der Waals surface area contributed by atoms with Crippen LogP contribution in [0.5, 0.6) is 0 Å². The zero-order valence-electron chi connectivity index (χ0n) is 16.5. The number of halogens is 3. The van der Waals surface area contributed by atoms with Gasteiger partial charge in [-0.05, 0) is 42.5 Å². The fraction of sp³-hybridized carbons (Fsp3) is 0.211. The summed E-state index contributed by atoms with van der Waals surface area (Å²) in [6.07, 6.45) is -4.10. The van der Waals surface area contributed by atoms with Crippen LogP contribution in [0.15, 0.2) is 53.6 Å². The second-order valence-corrected chi connectivity index (χ2v) is 8.43. The van der Waals surface area contributed by atoms with Crippen LogP contribution in [0.3, 0.4) is 0 Å². The van der Waals surface area contributed by atoms with Gasteiger partial charge in [0, 0.05) is 19.7 Å². The molecule has 1 aromatic carbocycles. The van der Waals surface area contributed by atoms with Crippen molar-refractivity contribution in [3.63, 3.8) is 0 Å². The fourth-order valence-corrected chi connectivity index (χ4v) is 3.89. The van der Waals surface area contributed by atoms with Gasteiger partial charge >= 0.3 is 12.1 Å². The van der Waals surface area contributed by atoms with Gasteiger partial charge in [0.1, 0.15) is 0 Å². The topological polar surface area (TPSA) is 123 Å². The maximum absolute atomic E-state index is 13.3. The molecule has 3 rings (SSSR count). The smallest absolute Gasteiger partial charge is 0.435 e. The van der Waals surface area contributed by atoms with Gasteiger partial charge in [-0.3, -0.25) is 9.59 Å². The number of hydrogen-bond donors (Lipinski definition) is 2. The molecular weight excluding hydrogens is 453 g/mol. The van der Waals surface area contributed by atoms with Crippen LogP contribution in [-0.4, -0.2) is 39.7 Å². The lowest BCUT2D eigenvalue weighted by atomic mass is 10.2. The van der Waals surface area contributed by atoms with Crippen LogP contribution in [0.1, 0.15) is 18.5 Å². The van der Waals surface area contributed by atoms with Crippen molar-refractivity contribution in [2.24, 2.45) is 7.05 Å². The Kier molecular flexibility index (Phi) is 6.12. The van der Waals surface area contributed by atoms with Gasteiger partial charge in [-0.25, -0.2) is 17.8 Å². The Morgan fingerprint density at radius 1 is 1.09 bits per heavy atom.